The van der Waals surface area contributed by atoms with E-state index in [9.17, 15) is 19.2 Å². The Kier molecular flexibility index (Phi) is 7.68. The lowest BCUT2D eigenvalue weighted by molar-refractivity contribution is -0.167. The Labute approximate surface area is 171 Å². The number of carbonyl (C=O) groups is 4. The van der Waals surface area contributed by atoms with Crippen molar-refractivity contribution in [1.82, 2.24) is 0 Å². The van der Waals surface area contributed by atoms with Crippen LogP contribution in [0.2, 0.25) is 0 Å². The number of carbonyl (C=O) groups excluding carboxylic acids is 4. The highest BCUT2D eigenvalue weighted by atomic mass is 35.5. The molecular formula is C21H17ClO7. The summed E-state index contributed by atoms with van der Waals surface area (Å²) >= 11 is 6.65. The summed E-state index contributed by atoms with van der Waals surface area (Å²) < 4.78 is 13.8. The maximum atomic E-state index is 12.8. The van der Waals surface area contributed by atoms with E-state index in [2.05, 4.69) is 9.47 Å². The number of esters is 4. The van der Waals surface area contributed by atoms with Gasteiger partial charge in [-0.3, -0.25) is 0 Å². The monoisotopic (exact) mass is 416 g/mol. The molecular weight excluding hydrogens is 400 g/mol. The van der Waals surface area contributed by atoms with E-state index in [1.807, 2.05) is 0 Å². The number of benzene rings is 2. The van der Waals surface area contributed by atoms with Gasteiger partial charge in [-0.2, -0.15) is 0 Å². The van der Waals surface area contributed by atoms with E-state index in [-0.39, 0.29) is 0 Å². The minimum absolute atomic E-state index is 0.406. The summed E-state index contributed by atoms with van der Waals surface area (Å²) in [4.78, 5) is 45.4. The largest absolute Gasteiger partial charge is 0.466 e. The van der Waals surface area contributed by atoms with Crippen LogP contribution in [-0.4, -0.2) is 37.6 Å². The SMILES string of the molecule is COC(=O)C=CC(=O)OCC(=O)OC(=O)C(Cl)(c1ccccc1)c1ccccc1. The lowest BCUT2D eigenvalue weighted by Gasteiger charge is -2.25. The van der Waals surface area contributed by atoms with Gasteiger partial charge in [0, 0.05) is 12.2 Å². The fourth-order valence-electron chi connectivity index (χ4n) is 2.32. The molecule has 0 bridgehead atoms. The predicted molar refractivity (Wildman–Crippen MR) is 103 cm³/mol. The Balaban J connectivity index is 2.11. The van der Waals surface area contributed by atoms with Crippen LogP contribution in [0.4, 0.5) is 0 Å². The van der Waals surface area contributed by atoms with Crippen molar-refractivity contribution in [1.29, 1.82) is 0 Å². The third-order valence-electron chi connectivity index (χ3n) is 3.72. The molecule has 7 nitrogen and oxygen atoms in total. The van der Waals surface area contributed by atoms with Crippen LogP contribution in [0.1, 0.15) is 11.1 Å². The molecule has 0 unspecified atom stereocenters. The summed E-state index contributed by atoms with van der Waals surface area (Å²) in [6.07, 6.45) is 1.61. The van der Waals surface area contributed by atoms with Gasteiger partial charge < -0.3 is 14.2 Å². The van der Waals surface area contributed by atoms with E-state index in [1.165, 1.54) is 0 Å². The Bertz CT molecular complexity index is 868. The number of hydrogen-bond acceptors (Lipinski definition) is 7. The van der Waals surface area contributed by atoms with Crippen LogP contribution in [0.3, 0.4) is 0 Å². The van der Waals surface area contributed by atoms with Gasteiger partial charge >= 0.3 is 23.9 Å². The average Bonchev–Trinajstić information content (AvgIpc) is 2.76. The summed E-state index contributed by atoms with van der Waals surface area (Å²) in [5.74, 6) is -3.91. The van der Waals surface area contributed by atoms with Crippen molar-refractivity contribution >= 4 is 35.5 Å². The van der Waals surface area contributed by atoms with Gasteiger partial charge in [0.2, 0.25) is 0 Å². The maximum Gasteiger partial charge on any atom is 0.351 e. The highest BCUT2D eigenvalue weighted by Crippen LogP contribution is 2.38. The topological polar surface area (TPSA) is 96.0 Å². The Morgan fingerprint density at radius 1 is 0.862 bits per heavy atom. The molecule has 150 valence electrons. The van der Waals surface area contributed by atoms with E-state index in [0.717, 1.165) is 19.3 Å². The van der Waals surface area contributed by atoms with Crippen LogP contribution in [0, 0.1) is 0 Å². The van der Waals surface area contributed by atoms with E-state index < -0.39 is 35.4 Å². The number of hydrogen-bond donors (Lipinski definition) is 0. The molecule has 2 aromatic carbocycles. The normalized spacial score (nSPS) is 11.0. The second-order valence-corrected chi connectivity index (χ2v) is 6.18. The highest BCUT2D eigenvalue weighted by molar-refractivity contribution is 6.36. The van der Waals surface area contributed by atoms with Gasteiger partial charge in [0.15, 0.2) is 11.5 Å². The first-order chi connectivity index (χ1) is 13.9. The van der Waals surface area contributed by atoms with E-state index >= 15 is 0 Å². The molecule has 0 heterocycles. The fraction of sp³-hybridized carbons (Fsp3) is 0.143. The number of halogens is 1. The van der Waals surface area contributed by atoms with Gasteiger partial charge in [-0.25, -0.2) is 19.2 Å². The lowest BCUT2D eigenvalue weighted by Crippen LogP contribution is -2.35. The third-order valence-corrected chi connectivity index (χ3v) is 4.31. The standard InChI is InChI=1S/C21H17ClO7/c1-27-17(23)12-13-18(24)28-14-19(25)29-20(26)21(22,15-8-4-2-5-9-15)16-10-6-3-7-11-16/h2-13H,14H2,1H3. The number of ether oxygens (including phenoxy) is 3. The van der Waals surface area contributed by atoms with Crippen molar-refractivity contribution in [2.75, 3.05) is 13.7 Å². The van der Waals surface area contributed by atoms with Crippen molar-refractivity contribution in [3.63, 3.8) is 0 Å². The predicted octanol–water partition coefficient (Wildman–Crippen LogP) is 2.51. The molecule has 0 saturated heterocycles. The first-order valence-corrected chi connectivity index (χ1v) is 8.73. The quantitative estimate of drug-likeness (QED) is 0.225. The van der Waals surface area contributed by atoms with Crippen molar-refractivity contribution < 1.29 is 33.4 Å². The van der Waals surface area contributed by atoms with Gasteiger partial charge in [0.05, 0.1) is 7.11 Å². The molecule has 2 rings (SSSR count). The smallest absolute Gasteiger partial charge is 0.351 e. The zero-order valence-corrected chi connectivity index (χ0v) is 16.1. The lowest BCUT2D eigenvalue weighted by atomic mass is 9.90. The number of methoxy groups -OCH3 is 1. The Hall–Kier alpha value is -3.45. The minimum atomic E-state index is -1.77. The fourth-order valence-corrected chi connectivity index (χ4v) is 2.61. The molecule has 0 spiro atoms. The molecule has 0 radical (unpaired) electrons. The van der Waals surface area contributed by atoms with Crippen LogP contribution in [0.15, 0.2) is 72.8 Å². The average molecular weight is 417 g/mol. The Morgan fingerprint density at radius 2 is 1.34 bits per heavy atom. The molecule has 29 heavy (non-hydrogen) atoms. The van der Waals surface area contributed by atoms with E-state index in [4.69, 9.17) is 16.3 Å². The molecule has 0 N–H and O–H groups in total. The zero-order valence-electron chi connectivity index (χ0n) is 15.4. The summed E-state index contributed by atoms with van der Waals surface area (Å²) in [6.45, 7) is -0.841. The summed E-state index contributed by atoms with van der Waals surface area (Å²) in [7, 11) is 1.14. The summed E-state index contributed by atoms with van der Waals surface area (Å²) in [5.41, 5.74) is 0.812. The molecule has 0 aliphatic rings. The van der Waals surface area contributed by atoms with Crippen LogP contribution >= 0.6 is 11.6 Å². The zero-order chi connectivity index (χ0) is 21.3. The second-order valence-electron chi connectivity index (χ2n) is 5.62. The molecule has 0 aliphatic carbocycles. The number of rotatable bonds is 7. The third kappa shape index (κ3) is 5.76. The molecule has 0 fully saturated rings. The first-order valence-electron chi connectivity index (χ1n) is 8.35. The van der Waals surface area contributed by atoms with Gasteiger partial charge in [-0.05, 0) is 11.1 Å². The molecule has 0 saturated carbocycles. The molecule has 0 aliphatic heterocycles. The van der Waals surface area contributed by atoms with Crippen molar-refractivity contribution in [2.24, 2.45) is 0 Å². The van der Waals surface area contributed by atoms with Gasteiger partial charge in [-0.1, -0.05) is 72.3 Å². The van der Waals surface area contributed by atoms with Gasteiger partial charge in [0.25, 0.3) is 0 Å². The summed E-state index contributed by atoms with van der Waals surface area (Å²) in [5, 5.41) is 0. The van der Waals surface area contributed by atoms with Crippen LogP contribution in [-0.2, 0) is 38.3 Å². The highest BCUT2D eigenvalue weighted by Gasteiger charge is 2.43. The van der Waals surface area contributed by atoms with E-state index in [1.54, 1.807) is 60.7 Å². The molecule has 8 heteroatoms. The molecule has 2 aromatic rings. The van der Waals surface area contributed by atoms with Gasteiger partial charge in [0.1, 0.15) is 0 Å². The van der Waals surface area contributed by atoms with E-state index in [0.29, 0.717) is 11.1 Å². The first kappa shape index (κ1) is 21.8. The molecule has 0 atom stereocenters. The summed E-state index contributed by atoms with van der Waals surface area (Å²) in [6, 6.07) is 16.8. The molecule has 0 amide bonds. The van der Waals surface area contributed by atoms with Crippen LogP contribution < -0.4 is 0 Å². The van der Waals surface area contributed by atoms with Crippen LogP contribution in [0.5, 0.6) is 0 Å². The second kappa shape index (κ2) is 10.2. The van der Waals surface area contributed by atoms with Gasteiger partial charge in [-0.15, -0.1) is 0 Å². The maximum absolute atomic E-state index is 12.8. The number of alkyl halides is 1. The van der Waals surface area contributed by atoms with Crippen molar-refractivity contribution in [2.45, 2.75) is 4.87 Å². The van der Waals surface area contributed by atoms with Crippen molar-refractivity contribution in [3.8, 4) is 0 Å². The van der Waals surface area contributed by atoms with Crippen molar-refractivity contribution in [3.05, 3.63) is 83.9 Å². The van der Waals surface area contributed by atoms with Crippen LogP contribution in [0.25, 0.3) is 0 Å². The minimum Gasteiger partial charge on any atom is -0.466 e. The molecule has 0 aromatic heterocycles. The Morgan fingerprint density at radius 3 is 1.83 bits per heavy atom.